The third kappa shape index (κ3) is 3.01. The first-order valence-electron chi connectivity index (χ1n) is 5.39. The molecule has 0 fully saturated rings. The van der Waals surface area contributed by atoms with Gasteiger partial charge in [0.1, 0.15) is 12.4 Å². The van der Waals surface area contributed by atoms with Crippen molar-refractivity contribution < 1.29 is 4.74 Å². The molecule has 0 unspecified atom stereocenters. The number of benzene rings is 2. The number of rotatable bonds is 3. The Morgan fingerprint density at radius 1 is 1.18 bits per heavy atom. The summed E-state index contributed by atoms with van der Waals surface area (Å²) in [5, 5.41) is 0. The van der Waals surface area contributed by atoms with E-state index in [2.05, 4.69) is 35.0 Å². The Balaban J connectivity index is 2.08. The summed E-state index contributed by atoms with van der Waals surface area (Å²) < 4.78 is 6.58. The molecule has 0 radical (unpaired) electrons. The lowest BCUT2D eigenvalue weighted by atomic mass is 10.1. The minimum Gasteiger partial charge on any atom is -0.489 e. The van der Waals surface area contributed by atoms with E-state index in [0.717, 1.165) is 10.2 Å². The Bertz CT molecular complexity index is 525. The van der Waals surface area contributed by atoms with Crippen LogP contribution in [-0.2, 0) is 6.61 Å². The second-order valence-electron chi connectivity index (χ2n) is 3.90. The molecule has 2 aromatic rings. The molecule has 88 valence electrons. The molecule has 0 aliphatic heterocycles. The van der Waals surface area contributed by atoms with Crippen molar-refractivity contribution in [2.45, 2.75) is 13.5 Å². The lowest BCUT2D eigenvalue weighted by Crippen LogP contribution is -1.98. The Morgan fingerprint density at radius 2 is 1.94 bits per heavy atom. The molecule has 2 N–H and O–H groups in total. The molecule has 2 aromatic carbocycles. The average Bonchev–Trinajstić information content (AvgIpc) is 2.32. The summed E-state index contributed by atoms with van der Waals surface area (Å²) in [6.07, 6.45) is 0. The minimum atomic E-state index is 0.572. The molecule has 0 atom stereocenters. The van der Waals surface area contributed by atoms with Crippen molar-refractivity contribution in [3.05, 3.63) is 58.1 Å². The number of hydrogen-bond donors (Lipinski definition) is 1. The first-order valence-corrected chi connectivity index (χ1v) is 6.18. The number of hydrogen-bond acceptors (Lipinski definition) is 2. The number of nitrogen functional groups attached to an aromatic ring is 1. The van der Waals surface area contributed by atoms with E-state index >= 15 is 0 Å². The highest BCUT2D eigenvalue weighted by Gasteiger charge is 2.01. The van der Waals surface area contributed by atoms with Gasteiger partial charge in [-0.15, -0.1) is 0 Å². The fourth-order valence-electron chi connectivity index (χ4n) is 1.53. The van der Waals surface area contributed by atoms with Gasteiger partial charge in [-0.25, -0.2) is 0 Å². The van der Waals surface area contributed by atoms with Gasteiger partial charge in [-0.05, 0) is 52.2 Å². The van der Waals surface area contributed by atoms with Crippen LogP contribution in [0.1, 0.15) is 11.1 Å². The quantitative estimate of drug-likeness (QED) is 0.870. The van der Waals surface area contributed by atoms with Gasteiger partial charge in [-0.2, -0.15) is 0 Å². The number of anilines is 1. The SMILES string of the molecule is Cc1ccccc1COc1ccc(N)c(Br)c1. The first-order chi connectivity index (χ1) is 8.16. The van der Waals surface area contributed by atoms with Crippen molar-refractivity contribution in [2.24, 2.45) is 0 Å². The molecule has 0 aromatic heterocycles. The van der Waals surface area contributed by atoms with Gasteiger partial charge in [0.25, 0.3) is 0 Å². The molecule has 0 amide bonds. The van der Waals surface area contributed by atoms with Crippen LogP contribution in [-0.4, -0.2) is 0 Å². The smallest absolute Gasteiger partial charge is 0.121 e. The zero-order chi connectivity index (χ0) is 12.3. The molecule has 0 saturated heterocycles. The van der Waals surface area contributed by atoms with Gasteiger partial charge in [0.15, 0.2) is 0 Å². The van der Waals surface area contributed by atoms with Crippen LogP contribution in [0.3, 0.4) is 0 Å². The molecule has 0 bridgehead atoms. The Labute approximate surface area is 110 Å². The normalized spacial score (nSPS) is 10.2. The maximum absolute atomic E-state index is 5.72. The van der Waals surface area contributed by atoms with Crippen molar-refractivity contribution in [1.82, 2.24) is 0 Å². The van der Waals surface area contributed by atoms with Crippen molar-refractivity contribution in [3.63, 3.8) is 0 Å². The van der Waals surface area contributed by atoms with Crippen LogP contribution < -0.4 is 10.5 Å². The Kier molecular flexibility index (Phi) is 3.69. The maximum Gasteiger partial charge on any atom is 0.121 e. The molecular weight excluding hydrogens is 278 g/mol. The summed E-state index contributed by atoms with van der Waals surface area (Å²) >= 11 is 3.38. The third-order valence-corrected chi connectivity index (χ3v) is 3.31. The molecule has 2 rings (SSSR count). The second-order valence-corrected chi connectivity index (χ2v) is 4.75. The molecule has 0 saturated carbocycles. The van der Waals surface area contributed by atoms with E-state index in [-0.39, 0.29) is 0 Å². The summed E-state index contributed by atoms with van der Waals surface area (Å²) in [6.45, 7) is 2.65. The predicted octanol–water partition coefficient (Wildman–Crippen LogP) is 3.92. The second kappa shape index (κ2) is 5.23. The van der Waals surface area contributed by atoms with Crippen LogP contribution in [0.2, 0.25) is 0 Å². The highest BCUT2D eigenvalue weighted by molar-refractivity contribution is 9.10. The zero-order valence-electron chi connectivity index (χ0n) is 9.61. The van der Waals surface area contributed by atoms with Crippen LogP contribution in [0.4, 0.5) is 5.69 Å². The zero-order valence-corrected chi connectivity index (χ0v) is 11.2. The first kappa shape index (κ1) is 12.0. The lowest BCUT2D eigenvalue weighted by molar-refractivity contribution is 0.305. The van der Waals surface area contributed by atoms with E-state index in [0.29, 0.717) is 12.3 Å². The van der Waals surface area contributed by atoms with E-state index < -0.39 is 0 Å². The monoisotopic (exact) mass is 291 g/mol. The third-order valence-electron chi connectivity index (χ3n) is 2.63. The summed E-state index contributed by atoms with van der Waals surface area (Å²) in [7, 11) is 0. The summed E-state index contributed by atoms with van der Waals surface area (Å²) in [4.78, 5) is 0. The van der Waals surface area contributed by atoms with Gasteiger partial charge < -0.3 is 10.5 Å². The topological polar surface area (TPSA) is 35.2 Å². The lowest BCUT2D eigenvalue weighted by Gasteiger charge is -2.09. The van der Waals surface area contributed by atoms with E-state index in [1.54, 1.807) is 0 Å². The van der Waals surface area contributed by atoms with Crippen molar-refractivity contribution in [2.75, 3.05) is 5.73 Å². The summed E-state index contributed by atoms with van der Waals surface area (Å²) in [5.74, 6) is 0.814. The van der Waals surface area contributed by atoms with Crippen LogP contribution in [0.5, 0.6) is 5.75 Å². The highest BCUT2D eigenvalue weighted by Crippen LogP contribution is 2.25. The van der Waals surface area contributed by atoms with E-state index in [9.17, 15) is 0 Å². The van der Waals surface area contributed by atoms with Gasteiger partial charge in [0, 0.05) is 10.2 Å². The summed E-state index contributed by atoms with van der Waals surface area (Å²) in [6, 6.07) is 13.8. The van der Waals surface area contributed by atoms with Crippen molar-refractivity contribution in [1.29, 1.82) is 0 Å². The number of ether oxygens (including phenoxy) is 1. The van der Waals surface area contributed by atoms with Gasteiger partial charge in [-0.1, -0.05) is 24.3 Å². The maximum atomic E-state index is 5.72. The highest BCUT2D eigenvalue weighted by atomic mass is 79.9. The van der Waals surface area contributed by atoms with Gasteiger partial charge in [-0.3, -0.25) is 0 Å². The van der Waals surface area contributed by atoms with Crippen LogP contribution >= 0.6 is 15.9 Å². The molecule has 0 heterocycles. The van der Waals surface area contributed by atoms with Gasteiger partial charge in [0.05, 0.1) is 0 Å². The Morgan fingerprint density at radius 3 is 2.65 bits per heavy atom. The number of nitrogens with two attached hydrogens (primary N) is 1. The fourth-order valence-corrected chi connectivity index (χ4v) is 1.89. The van der Waals surface area contributed by atoms with Crippen molar-refractivity contribution >= 4 is 21.6 Å². The largest absolute Gasteiger partial charge is 0.489 e. The molecular formula is C14H14BrNO. The molecule has 0 aliphatic carbocycles. The fraction of sp³-hybridized carbons (Fsp3) is 0.143. The number of aryl methyl sites for hydroxylation is 1. The Hall–Kier alpha value is -1.48. The van der Waals surface area contributed by atoms with E-state index in [1.807, 2.05) is 30.3 Å². The van der Waals surface area contributed by atoms with Crippen molar-refractivity contribution in [3.8, 4) is 5.75 Å². The predicted molar refractivity (Wildman–Crippen MR) is 74.1 cm³/mol. The van der Waals surface area contributed by atoms with E-state index in [1.165, 1.54) is 11.1 Å². The standard InChI is InChI=1S/C14H14BrNO/c1-10-4-2-3-5-11(10)9-17-12-6-7-14(16)13(15)8-12/h2-8H,9,16H2,1H3. The molecule has 3 heteroatoms. The van der Waals surface area contributed by atoms with Gasteiger partial charge >= 0.3 is 0 Å². The van der Waals surface area contributed by atoms with Gasteiger partial charge in [0.2, 0.25) is 0 Å². The van der Waals surface area contributed by atoms with E-state index in [4.69, 9.17) is 10.5 Å². The van der Waals surface area contributed by atoms with Crippen LogP contribution in [0, 0.1) is 6.92 Å². The van der Waals surface area contributed by atoms with Crippen LogP contribution in [0.15, 0.2) is 46.9 Å². The molecule has 0 aliphatic rings. The number of halogens is 1. The summed E-state index contributed by atoms with van der Waals surface area (Å²) in [5.41, 5.74) is 8.87. The molecule has 0 spiro atoms. The van der Waals surface area contributed by atoms with Crippen LogP contribution in [0.25, 0.3) is 0 Å². The average molecular weight is 292 g/mol. The molecule has 2 nitrogen and oxygen atoms in total. The minimum absolute atomic E-state index is 0.572. The molecule has 17 heavy (non-hydrogen) atoms.